The number of aliphatic hydroxyl groups is 1. The average molecular weight is 333 g/mol. The molecule has 0 aliphatic carbocycles. The maximum absolute atomic E-state index is 13.5. The number of rotatable bonds is 3. The summed E-state index contributed by atoms with van der Waals surface area (Å²) in [6.45, 7) is -0.511. The molecule has 21 heavy (non-hydrogen) atoms. The second-order valence-electron chi connectivity index (χ2n) is 4.02. The zero-order valence-electron chi connectivity index (χ0n) is 10.4. The quantitative estimate of drug-likeness (QED) is 0.683. The van der Waals surface area contributed by atoms with Crippen molar-refractivity contribution in [1.29, 1.82) is 0 Å². The number of carbonyl (C=O) groups is 1. The first-order valence-corrected chi connectivity index (χ1v) is 6.44. The first-order valence-electron chi connectivity index (χ1n) is 5.69. The minimum Gasteiger partial charge on any atom is -0.421 e. The van der Waals surface area contributed by atoms with Crippen molar-refractivity contribution in [1.82, 2.24) is 0 Å². The number of hydrogen-bond donors (Lipinski definition) is 1. The molecule has 0 saturated heterocycles. The summed E-state index contributed by atoms with van der Waals surface area (Å²) in [4.78, 5) is 11.9. The summed E-state index contributed by atoms with van der Waals surface area (Å²) < 4.78 is 31.9. The number of carbonyl (C=O) groups excluding carboxylic acids is 1. The zero-order chi connectivity index (χ0) is 15.6. The minimum absolute atomic E-state index is 0.0587. The third-order valence-electron chi connectivity index (χ3n) is 2.62. The summed E-state index contributed by atoms with van der Waals surface area (Å²) in [5.41, 5.74) is -0.718. The predicted molar refractivity (Wildman–Crippen MR) is 73.7 cm³/mol. The van der Waals surface area contributed by atoms with E-state index in [1.807, 2.05) is 0 Å². The van der Waals surface area contributed by atoms with Crippen molar-refractivity contribution in [2.45, 2.75) is 6.61 Å². The molecule has 0 atom stereocenters. The maximum Gasteiger partial charge on any atom is 0.349 e. The molecule has 0 aromatic heterocycles. The van der Waals surface area contributed by atoms with Crippen LogP contribution in [-0.4, -0.2) is 11.1 Å². The molecule has 0 aliphatic rings. The number of esters is 1. The first-order chi connectivity index (χ1) is 9.93. The van der Waals surface area contributed by atoms with Crippen molar-refractivity contribution in [3.05, 3.63) is 63.1 Å². The third kappa shape index (κ3) is 3.32. The van der Waals surface area contributed by atoms with Gasteiger partial charge in [0, 0.05) is 10.6 Å². The van der Waals surface area contributed by atoms with Gasteiger partial charge in [-0.3, -0.25) is 0 Å². The van der Waals surface area contributed by atoms with E-state index in [1.165, 1.54) is 12.1 Å². The highest BCUT2D eigenvalue weighted by Crippen LogP contribution is 2.33. The van der Waals surface area contributed by atoms with Crippen LogP contribution in [0.5, 0.6) is 5.75 Å². The lowest BCUT2D eigenvalue weighted by Crippen LogP contribution is -2.14. The summed E-state index contributed by atoms with van der Waals surface area (Å²) in [6, 6.07) is 5.58. The monoisotopic (exact) mass is 332 g/mol. The minimum atomic E-state index is -1.26. The van der Waals surface area contributed by atoms with Crippen LogP contribution < -0.4 is 4.74 Å². The molecule has 1 N–H and O–H groups in total. The van der Waals surface area contributed by atoms with Gasteiger partial charge in [0.2, 0.25) is 0 Å². The Kier molecular flexibility index (Phi) is 4.77. The van der Waals surface area contributed by atoms with E-state index < -0.39 is 29.8 Å². The van der Waals surface area contributed by atoms with Gasteiger partial charge in [0.05, 0.1) is 11.6 Å². The van der Waals surface area contributed by atoms with Crippen LogP contribution in [0.1, 0.15) is 15.9 Å². The highest BCUT2D eigenvalue weighted by Gasteiger charge is 2.22. The summed E-state index contributed by atoms with van der Waals surface area (Å²) >= 11 is 11.6. The van der Waals surface area contributed by atoms with Crippen LogP contribution in [0.3, 0.4) is 0 Å². The zero-order valence-corrected chi connectivity index (χ0v) is 11.9. The van der Waals surface area contributed by atoms with Crippen LogP contribution >= 0.6 is 23.2 Å². The molecule has 0 spiro atoms. The topological polar surface area (TPSA) is 46.5 Å². The van der Waals surface area contributed by atoms with E-state index in [2.05, 4.69) is 0 Å². The fraction of sp³-hybridized carbons (Fsp3) is 0.0714. The number of halogens is 4. The molecule has 0 aliphatic heterocycles. The van der Waals surface area contributed by atoms with Gasteiger partial charge in [-0.2, -0.15) is 0 Å². The normalized spacial score (nSPS) is 10.5. The maximum atomic E-state index is 13.5. The summed E-state index contributed by atoms with van der Waals surface area (Å²) in [5, 5.41) is 9.37. The van der Waals surface area contributed by atoms with Crippen molar-refractivity contribution in [2.75, 3.05) is 0 Å². The van der Waals surface area contributed by atoms with Gasteiger partial charge in [-0.25, -0.2) is 13.6 Å². The molecular formula is C14H8Cl2F2O3. The molecular weight excluding hydrogens is 325 g/mol. The molecule has 2 aromatic carbocycles. The summed E-state index contributed by atoms with van der Waals surface area (Å²) in [7, 11) is 0. The number of aliphatic hydroxyl groups excluding tert-OH is 1. The largest absolute Gasteiger partial charge is 0.421 e. The Morgan fingerprint density at radius 3 is 2.38 bits per heavy atom. The second-order valence-corrected chi connectivity index (χ2v) is 4.86. The molecule has 0 fully saturated rings. The van der Waals surface area contributed by atoms with Gasteiger partial charge in [-0.05, 0) is 24.3 Å². The van der Waals surface area contributed by atoms with Gasteiger partial charge in [0.25, 0.3) is 0 Å². The molecule has 0 amide bonds. The van der Waals surface area contributed by atoms with Crippen molar-refractivity contribution in [3.63, 3.8) is 0 Å². The molecule has 110 valence electrons. The van der Waals surface area contributed by atoms with E-state index in [9.17, 15) is 18.7 Å². The SMILES string of the molecule is O=C(Oc1c(Cl)cc(Cl)cc1CO)c1c(F)cccc1F. The van der Waals surface area contributed by atoms with Gasteiger partial charge in [0.1, 0.15) is 17.2 Å². The van der Waals surface area contributed by atoms with Gasteiger partial charge >= 0.3 is 5.97 Å². The highest BCUT2D eigenvalue weighted by molar-refractivity contribution is 6.35. The van der Waals surface area contributed by atoms with Gasteiger partial charge in [-0.15, -0.1) is 0 Å². The summed E-state index contributed by atoms with van der Waals surface area (Å²) in [6.07, 6.45) is 0. The smallest absolute Gasteiger partial charge is 0.349 e. The van der Waals surface area contributed by atoms with Gasteiger partial charge in [0.15, 0.2) is 5.75 Å². The Labute approximate surface area is 128 Å². The molecule has 0 unspecified atom stereocenters. The van der Waals surface area contributed by atoms with Crippen LogP contribution in [0.4, 0.5) is 8.78 Å². The third-order valence-corrected chi connectivity index (χ3v) is 3.12. The first kappa shape index (κ1) is 15.7. The van der Waals surface area contributed by atoms with E-state index in [-0.39, 0.29) is 21.4 Å². The van der Waals surface area contributed by atoms with Crippen molar-refractivity contribution in [2.24, 2.45) is 0 Å². The van der Waals surface area contributed by atoms with Crippen LogP contribution in [-0.2, 0) is 6.61 Å². The van der Waals surface area contributed by atoms with Gasteiger partial charge in [-0.1, -0.05) is 29.3 Å². The van der Waals surface area contributed by atoms with E-state index in [1.54, 1.807) is 0 Å². The number of ether oxygens (including phenoxy) is 1. The highest BCUT2D eigenvalue weighted by atomic mass is 35.5. The Morgan fingerprint density at radius 1 is 1.19 bits per heavy atom. The Bertz CT molecular complexity index is 685. The molecule has 7 heteroatoms. The average Bonchev–Trinajstić information content (AvgIpc) is 2.41. The number of hydrogen-bond acceptors (Lipinski definition) is 3. The van der Waals surface area contributed by atoms with E-state index in [4.69, 9.17) is 27.9 Å². The fourth-order valence-corrected chi connectivity index (χ4v) is 2.26. The van der Waals surface area contributed by atoms with Crippen molar-refractivity contribution in [3.8, 4) is 5.75 Å². The van der Waals surface area contributed by atoms with E-state index in [0.717, 1.165) is 18.2 Å². The van der Waals surface area contributed by atoms with Crippen LogP contribution in [0.15, 0.2) is 30.3 Å². The van der Waals surface area contributed by atoms with Crippen LogP contribution in [0.25, 0.3) is 0 Å². The van der Waals surface area contributed by atoms with Gasteiger partial charge < -0.3 is 9.84 Å². The second kappa shape index (κ2) is 6.39. The lowest BCUT2D eigenvalue weighted by molar-refractivity contribution is 0.0721. The number of benzene rings is 2. The molecule has 0 radical (unpaired) electrons. The molecule has 3 nitrogen and oxygen atoms in total. The Morgan fingerprint density at radius 2 is 1.81 bits per heavy atom. The van der Waals surface area contributed by atoms with E-state index in [0.29, 0.717) is 0 Å². The molecule has 2 rings (SSSR count). The molecule has 2 aromatic rings. The fourth-order valence-electron chi connectivity index (χ4n) is 1.68. The van der Waals surface area contributed by atoms with E-state index >= 15 is 0 Å². The van der Waals surface area contributed by atoms with Crippen molar-refractivity contribution >= 4 is 29.2 Å². The lowest BCUT2D eigenvalue weighted by Gasteiger charge is -2.11. The Hall–Kier alpha value is -1.69. The molecule has 0 bridgehead atoms. The lowest BCUT2D eigenvalue weighted by atomic mass is 10.2. The summed E-state index contributed by atoms with van der Waals surface area (Å²) in [5.74, 6) is -3.58. The Balaban J connectivity index is 2.41. The molecule has 0 heterocycles. The van der Waals surface area contributed by atoms with Crippen molar-refractivity contribution < 1.29 is 23.4 Å². The van der Waals surface area contributed by atoms with Crippen LogP contribution in [0.2, 0.25) is 10.0 Å². The standard InChI is InChI=1S/C14H8Cl2F2O3/c15-8-4-7(6-19)13(9(16)5-8)21-14(20)12-10(17)2-1-3-11(12)18/h1-5,19H,6H2. The molecule has 0 saturated carbocycles. The van der Waals surface area contributed by atoms with Crippen LogP contribution in [0, 0.1) is 11.6 Å². The predicted octanol–water partition coefficient (Wildman–Crippen LogP) is 3.98.